The van der Waals surface area contributed by atoms with Crippen LogP contribution < -0.4 is 10.2 Å². The van der Waals surface area contributed by atoms with E-state index in [0.29, 0.717) is 12.1 Å². The van der Waals surface area contributed by atoms with Crippen LogP contribution in [0.4, 0.5) is 5.95 Å². The van der Waals surface area contributed by atoms with E-state index in [1.54, 1.807) is 0 Å². The molecule has 5 heteroatoms. The second-order valence-electron chi connectivity index (χ2n) is 6.16. The summed E-state index contributed by atoms with van der Waals surface area (Å²) in [4.78, 5) is 23.4. The highest BCUT2D eigenvalue weighted by molar-refractivity contribution is 5.95. The molecule has 3 rings (SSSR count). The summed E-state index contributed by atoms with van der Waals surface area (Å²) in [6.45, 7) is 4.89. The summed E-state index contributed by atoms with van der Waals surface area (Å²) in [5.74, 6) is 0.768. The molecule has 0 aliphatic carbocycles. The molecular formula is C19H24N4O. The molecule has 0 bridgehead atoms. The molecular weight excluding hydrogens is 300 g/mol. The van der Waals surface area contributed by atoms with Gasteiger partial charge in [0.2, 0.25) is 5.95 Å². The molecule has 5 nitrogen and oxygen atoms in total. The van der Waals surface area contributed by atoms with E-state index in [1.807, 2.05) is 36.7 Å². The predicted molar refractivity (Wildman–Crippen MR) is 96.2 cm³/mol. The summed E-state index contributed by atoms with van der Waals surface area (Å²) in [5.41, 5.74) is 2.57. The zero-order chi connectivity index (χ0) is 16.8. The summed E-state index contributed by atoms with van der Waals surface area (Å²) in [7, 11) is 0. The highest BCUT2D eigenvalue weighted by atomic mass is 16.1. The Morgan fingerprint density at radius 1 is 1.17 bits per heavy atom. The van der Waals surface area contributed by atoms with Gasteiger partial charge in [-0.1, -0.05) is 25.5 Å². The number of unbranched alkanes of at least 4 members (excludes halogenated alkanes) is 1. The minimum Gasteiger partial charge on any atom is -0.352 e. The average molecular weight is 324 g/mol. The molecule has 1 saturated heterocycles. The number of amides is 1. The minimum absolute atomic E-state index is 0.0279. The molecule has 1 fully saturated rings. The zero-order valence-corrected chi connectivity index (χ0v) is 14.2. The Kier molecular flexibility index (Phi) is 5.41. The van der Waals surface area contributed by atoms with Crippen molar-refractivity contribution in [2.75, 3.05) is 24.5 Å². The van der Waals surface area contributed by atoms with E-state index in [9.17, 15) is 4.79 Å². The van der Waals surface area contributed by atoms with Gasteiger partial charge in [0, 0.05) is 43.2 Å². The molecule has 1 amide bonds. The fraction of sp³-hybridized carbons (Fsp3) is 0.421. The lowest BCUT2D eigenvalue weighted by molar-refractivity contribution is 0.0953. The van der Waals surface area contributed by atoms with Crippen LogP contribution >= 0.6 is 0 Å². The number of benzene rings is 1. The van der Waals surface area contributed by atoms with Gasteiger partial charge >= 0.3 is 0 Å². The van der Waals surface area contributed by atoms with Crippen molar-refractivity contribution in [3.63, 3.8) is 0 Å². The molecule has 1 N–H and O–H groups in total. The standard InChI is InChI=1S/C19H24N4O/c1-2-3-9-20-18(24)16-8-6-7-15(12-16)17-13-21-19(22-14-17)23-10-4-5-11-23/h6-8,12-14H,2-5,9-11H2,1H3,(H,20,24). The first kappa shape index (κ1) is 16.4. The normalized spacial score (nSPS) is 14.0. The lowest BCUT2D eigenvalue weighted by Crippen LogP contribution is -2.24. The molecule has 0 spiro atoms. The second kappa shape index (κ2) is 7.90. The van der Waals surface area contributed by atoms with Crippen LogP contribution in [-0.2, 0) is 0 Å². The van der Waals surface area contributed by atoms with E-state index in [2.05, 4.69) is 27.1 Å². The number of carbonyl (C=O) groups is 1. The second-order valence-corrected chi connectivity index (χ2v) is 6.16. The number of nitrogens with zero attached hydrogens (tertiary/aromatic N) is 3. The Morgan fingerprint density at radius 3 is 2.62 bits per heavy atom. The molecule has 24 heavy (non-hydrogen) atoms. The summed E-state index contributed by atoms with van der Waals surface area (Å²) < 4.78 is 0. The number of hydrogen-bond donors (Lipinski definition) is 1. The number of anilines is 1. The van der Waals surface area contributed by atoms with E-state index >= 15 is 0 Å². The molecule has 1 aliphatic rings. The molecule has 2 aromatic rings. The van der Waals surface area contributed by atoms with Crippen molar-refractivity contribution < 1.29 is 4.79 Å². The largest absolute Gasteiger partial charge is 0.352 e. The Balaban J connectivity index is 1.72. The van der Waals surface area contributed by atoms with Gasteiger partial charge < -0.3 is 10.2 Å². The third-order valence-corrected chi connectivity index (χ3v) is 4.30. The molecule has 1 aliphatic heterocycles. The number of carbonyl (C=O) groups excluding carboxylic acids is 1. The maximum atomic E-state index is 12.2. The first-order chi connectivity index (χ1) is 11.8. The summed E-state index contributed by atoms with van der Waals surface area (Å²) in [5, 5.41) is 2.95. The van der Waals surface area contributed by atoms with Crippen molar-refractivity contribution in [1.82, 2.24) is 15.3 Å². The van der Waals surface area contributed by atoms with Crippen molar-refractivity contribution in [1.29, 1.82) is 0 Å². The van der Waals surface area contributed by atoms with Crippen LogP contribution in [-0.4, -0.2) is 35.5 Å². The molecule has 1 aromatic heterocycles. The Bertz CT molecular complexity index is 678. The minimum atomic E-state index is -0.0279. The molecule has 0 radical (unpaired) electrons. The lowest BCUT2D eigenvalue weighted by Gasteiger charge is -2.14. The van der Waals surface area contributed by atoms with Crippen LogP contribution in [0.3, 0.4) is 0 Å². The van der Waals surface area contributed by atoms with Crippen molar-refractivity contribution >= 4 is 11.9 Å². The summed E-state index contributed by atoms with van der Waals surface area (Å²) >= 11 is 0. The van der Waals surface area contributed by atoms with Crippen molar-refractivity contribution in [3.8, 4) is 11.1 Å². The van der Waals surface area contributed by atoms with E-state index in [0.717, 1.165) is 43.0 Å². The van der Waals surface area contributed by atoms with Crippen molar-refractivity contribution in [2.24, 2.45) is 0 Å². The average Bonchev–Trinajstić information content (AvgIpc) is 3.17. The quantitative estimate of drug-likeness (QED) is 0.829. The monoisotopic (exact) mass is 324 g/mol. The maximum absolute atomic E-state index is 12.2. The Hall–Kier alpha value is -2.43. The third kappa shape index (κ3) is 3.91. The number of nitrogens with one attached hydrogen (secondary N) is 1. The Labute approximate surface area is 143 Å². The number of aromatic nitrogens is 2. The smallest absolute Gasteiger partial charge is 0.251 e. The molecule has 0 saturated carbocycles. The Morgan fingerprint density at radius 2 is 1.92 bits per heavy atom. The first-order valence-electron chi connectivity index (χ1n) is 8.73. The van der Waals surface area contributed by atoms with Crippen LogP contribution in [0.5, 0.6) is 0 Å². The summed E-state index contributed by atoms with van der Waals surface area (Å²) in [6.07, 6.45) is 8.17. The van der Waals surface area contributed by atoms with Crippen LogP contribution in [0, 0.1) is 0 Å². The van der Waals surface area contributed by atoms with Gasteiger partial charge in [0.1, 0.15) is 0 Å². The molecule has 0 atom stereocenters. The van der Waals surface area contributed by atoms with Gasteiger partial charge in [0.25, 0.3) is 5.91 Å². The summed E-state index contributed by atoms with van der Waals surface area (Å²) in [6, 6.07) is 7.62. The van der Waals surface area contributed by atoms with E-state index in [4.69, 9.17) is 0 Å². The van der Waals surface area contributed by atoms with Crippen LogP contribution in [0.15, 0.2) is 36.7 Å². The predicted octanol–water partition coefficient (Wildman–Crippen LogP) is 3.27. The SMILES string of the molecule is CCCCNC(=O)c1cccc(-c2cnc(N3CCCC3)nc2)c1. The van der Waals surface area contributed by atoms with Gasteiger partial charge in [-0.05, 0) is 37.0 Å². The van der Waals surface area contributed by atoms with Gasteiger partial charge in [-0.25, -0.2) is 9.97 Å². The van der Waals surface area contributed by atoms with Crippen molar-refractivity contribution in [3.05, 3.63) is 42.2 Å². The van der Waals surface area contributed by atoms with Crippen LogP contribution in [0.1, 0.15) is 43.0 Å². The maximum Gasteiger partial charge on any atom is 0.251 e. The van der Waals surface area contributed by atoms with E-state index in [-0.39, 0.29) is 5.91 Å². The zero-order valence-electron chi connectivity index (χ0n) is 14.2. The fourth-order valence-corrected chi connectivity index (χ4v) is 2.87. The lowest BCUT2D eigenvalue weighted by atomic mass is 10.1. The fourth-order valence-electron chi connectivity index (χ4n) is 2.87. The number of rotatable bonds is 6. The molecule has 2 heterocycles. The van der Waals surface area contributed by atoms with Crippen molar-refractivity contribution in [2.45, 2.75) is 32.6 Å². The molecule has 1 aromatic carbocycles. The highest BCUT2D eigenvalue weighted by Crippen LogP contribution is 2.21. The van der Waals surface area contributed by atoms with Gasteiger partial charge in [0.05, 0.1) is 0 Å². The van der Waals surface area contributed by atoms with Crippen LogP contribution in [0.2, 0.25) is 0 Å². The van der Waals surface area contributed by atoms with E-state index < -0.39 is 0 Å². The first-order valence-corrected chi connectivity index (χ1v) is 8.73. The topological polar surface area (TPSA) is 58.1 Å². The van der Waals surface area contributed by atoms with Gasteiger partial charge in [-0.2, -0.15) is 0 Å². The molecule has 126 valence electrons. The van der Waals surface area contributed by atoms with Gasteiger partial charge in [0.15, 0.2) is 0 Å². The van der Waals surface area contributed by atoms with Gasteiger partial charge in [-0.3, -0.25) is 4.79 Å². The third-order valence-electron chi connectivity index (χ3n) is 4.30. The molecule has 0 unspecified atom stereocenters. The van der Waals surface area contributed by atoms with E-state index in [1.165, 1.54) is 12.8 Å². The van der Waals surface area contributed by atoms with Crippen LogP contribution in [0.25, 0.3) is 11.1 Å². The van der Waals surface area contributed by atoms with Gasteiger partial charge in [-0.15, -0.1) is 0 Å². The number of hydrogen-bond acceptors (Lipinski definition) is 4. The highest BCUT2D eigenvalue weighted by Gasteiger charge is 2.14.